The summed E-state index contributed by atoms with van der Waals surface area (Å²) in [6, 6.07) is 8.02. The van der Waals surface area contributed by atoms with Crippen molar-refractivity contribution < 1.29 is 14.6 Å². The van der Waals surface area contributed by atoms with Crippen molar-refractivity contribution in [3.05, 3.63) is 41.5 Å². The van der Waals surface area contributed by atoms with Crippen molar-refractivity contribution in [2.45, 2.75) is 31.6 Å². The lowest BCUT2D eigenvalue weighted by Gasteiger charge is -2.21. The molecule has 0 heterocycles. The maximum atomic E-state index is 10.7. The summed E-state index contributed by atoms with van der Waals surface area (Å²) in [5, 5.41) is 8.83. The average molecular weight is 246 g/mol. The van der Waals surface area contributed by atoms with Crippen LogP contribution in [0.5, 0.6) is 5.75 Å². The van der Waals surface area contributed by atoms with Gasteiger partial charge in [-0.1, -0.05) is 23.8 Å². The van der Waals surface area contributed by atoms with E-state index in [1.165, 1.54) is 5.56 Å². The molecular formula is C15H18O3. The van der Waals surface area contributed by atoms with Crippen LogP contribution in [0.1, 0.15) is 37.2 Å². The van der Waals surface area contributed by atoms with Gasteiger partial charge in [0.25, 0.3) is 0 Å². The molecule has 0 radical (unpaired) electrons. The second kappa shape index (κ2) is 5.71. The zero-order chi connectivity index (χ0) is 13.0. The first-order chi connectivity index (χ1) is 8.69. The lowest BCUT2D eigenvalue weighted by molar-refractivity contribution is -0.136. The van der Waals surface area contributed by atoms with E-state index in [9.17, 15) is 4.79 Å². The van der Waals surface area contributed by atoms with Crippen LogP contribution in [0.15, 0.2) is 35.9 Å². The van der Waals surface area contributed by atoms with Crippen LogP contribution in [0.3, 0.4) is 0 Å². The number of allylic oxidation sites excluding steroid dienone is 1. The van der Waals surface area contributed by atoms with Gasteiger partial charge in [-0.05, 0) is 37.0 Å². The van der Waals surface area contributed by atoms with Crippen molar-refractivity contribution in [1.82, 2.24) is 0 Å². The molecule has 3 heteroatoms. The van der Waals surface area contributed by atoms with Gasteiger partial charge in [-0.25, -0.2) is 0 Å². The van der Waals surface area contributed by atoms with Crippen molar-refractivity contribution in [3.8, 4) is 5.75 Å². The minimum Gasteiger partial charge on any atom is -0.497 e. The molecule has 0 saturated heterocycles. The van der Waals surface area contributed by atoms with Crippen LogP contribution in [0.25, 0.3) is 0 Å². The number of ether oxygens (including phenoxy) is 1. The highest BCUT2D eigenvalue weighted by atomic mass is 16.5. The molecule has 1 N–H and O–H groups in total. The second-order valence-electron chi connectivity index (χ2n) is 4.67. The molecule has 96 valence electrons. The SMILES string of the molecule is COc1ccc(C2C=C(CC(=O)O)CCC2)cc1. The Kier molecular flexibility index (Phi) is 4.03. The fourth-order valence-corrected chi connectivity index (χ4v) is 2.46. The summed E-state index contributed by atoms with van der Waals surface area (Å²) < 4.78 is 5.14. The summed E-state index contributed by atoms with van der Waals surface area (Å²) in [5.41, 5.74) is 2.29. The highest BCUT2D eigenvalue weighted by Crippen LogP contribution is 2.32. The summed E-state index contributed by atoms with van der Waals surface area (Å²) in [7, 11) is 1.65. The summed E-state index contributed by atoms with van der Waals surface area (Å²) in [5.74, 6) is 0.458. The summed E-state index contributed by atoms with van der Waals surface area (Å²) in [6.45, 7) is 0. The maximum absolute atomic E-state index is 10.7. The summed E-state index contributed by atoms with van der Waals surface area (Å²) in [4.78, 5) is 10.7. The van der Waals surface area contributed by atoms with E-state index in [2.05, 4.69) is 18.2 Å². The van der Waals surface area contributed by atoms with Gasteiger partial charge in [0, 0.05) is 5.92 Å². The molecule has 18 heavy (non-hydrogen) atoms. The predicted molar refractivity (Wildman–Crippen MR) is 69.9 cm³/mol. The van der Waals surface area contributed by atoms with Crippen molar-refractivity contribution in [1.29, 1.82) is 0 Å². The Labute approximate surface area is 107 Å². The Hall–Kier alpha value is -1.77. The lowest BCUT2D eigenvalue weighted by atomic mass is 9.85. The number of hydrogen-bond donors (Lipinski definition) is 1. The molecule has 2 rings (SSSR count). The van der Waals surface area contributed by atoms with E-state index in [4.69, 9.17) is 9.84 Å². The zero-order valence-corrected chi connectivity index (χ0v) is 10.6. The number of carboxylic acid groups (broad SMARTS) is 1. The summed E-state index contributed by atoms with van der Waals surface area (Å²) >= 11 is 0. The number of carboxylic acids is 1. The van der Waals surface area contributed by atoms with Gasteiger partial charge in [0.05, 0.1) is 13.5 Å². The standard InChI is InChI=1S/C15H18O3/c1-18-14-7-5-12(6-8-14)13-4-2-3-11(9-13)10-15(16)17/h5-9,13H,2-4,10H2,1H3,(H,16,17). The third-order valence-electron chi connectivity index (χ3n) is 3.37. The van der Waals surface area contributed by atoms with Gasteiger partial charge in [-0.15, -0.1) is 0 Å². The van der Waals surface area contributed by atoms with E-state index in [0.717, 1.165) is 30.6 Å². The molecule has 0 spiro atoms. The molecule has 0 amide bonds. The van der Waals surface area contributed by atoms with Crippen LogP contribution < -0.4 is 4.74 Å². The normalized spacial score (nSPS) is 19.2. The smallest absolute Gasteiger partial charge is 0.307 e. The quantitative estimate of drug-likeness (QED) is 0.828. The van der Waals surface area contributed by atoms with Gasteiger partial charge in [0.2, 0.25) is 0 Å². The molecule has 0 aliphatic heterocycles. The van der Waals surface area contributed by atoms with E-state index in [1.807, 2.05) is 12.1 Å². The molecule has 0 aromatic heterocycles. The van der Waals surface area contributed by atoms with E-state index in [-0.39, 0.29) is 6.42 Å². The van der Waals surface area contributed by atoms with Gasteiger partial charge in [-0.2, -0.15) is 0 Å². The number of aliphatic carboxylic acids is 1. The summed E-state index contributed by atoms with van der Waals surface area (Å²) in [6.07, 6.45) is 5.37. The van der Waals surface area contributed by atoms with E-state index in [1.54, 1.807) is 7.11 Å². The molecule has 3 nitrogen and oxygen atoms in total. The Morgan fingerprint density at radius 2 is 2.11 bits per heavy atom. The Bertz CT molecular complexity index is 445. The van der Waals surface area contributed by atoms with Crippen LogP contribution in [-0.2, 0) is 4.79 Å². The number of methoxy groups -OCH3 is 1. The minimum atomic E-state index is -0.739. The highest BCUT2D eigenvalue weighted by Gasteiger charge is 2.16. The molecule has 1 atom stereocenters. The number of rotatable bonds is 4. The molecule has 1 unspecified atom stereocenters. The molecule has 1 aromatic rings. The van der Waals surface area contributed by atoms with E-state index >= 15 is 0 Å². The van der Waals surface area contributed by atoms with Crippen LogP contribution >= 0.6 is 0 Å². The highest BCUT2D eigenvalue weighted by molar-refractivity contribution is 5.70. The molecular weight excluding hydrogens is 228 g/mol. The third kappa shape index (κ3) is 3.13. The Morgan fingerprint density at radius 3 is 2.72 bits per heavy atom. The van der Waals surface area contributed by atoms with Crippen molar-refractivity contribution in [2.75, 3.05) is 7.11 Å². The Morgan fingerprint density at radius 1 is 1.39 bits per heavy atom. The number of benzene rings is 1. The zero-order valence-electron chi connectivity index (χ0n) is 10.6. The Balaban J connectivity index is 2.13. The van der Waals surface area contributed by atoms with Crippen LogP contribution in [0.2, 0.25) is 0 Å². The van der Waals surface area contributed by atoms with Crippen LogP contribution in [0.4, 0.5) is 0 Å². The largest absolute Gasteiger partial charge is 0.497 e. The first-order valence-corrected chi connectivity index (χ1v) is 6.24. The minimum absolute atomic E-state index is 0.173. The topological polar surface area (TPSA) is 46.5 Å². The molecule has 0 bridgehead atoms. The molecule has 1 aliphatic rings. The first kappa shape index (κ1) is 12.7. The maximum Gasteiger partial charge on any atom is 0.307 e. The average Bonchev–Trinajstić information content (AvgIpc) is 2.38. The van der Waals surface area contributed by atoms with Crippen molar-refractivity contribution in [3.63, 3.8) is 0 Å². The molecule has 1 aliphatic carbocycles. The van der Waals surface area contributed by atoms with Gasteiger partial charge in [0.15, 0.2) is 0 Å². The number of hydrogen-bond acceptors (Lipinski definition) is 2. The van der Waals surface area contributed by atoms with Crippen molar-refractivity contribution >= 4 is 5.97 Å². The predicted octanol–water partition coefficient (Wildman–Crippen LogP) is 3.36. The van der Waals surface area contributed by atoms with E-state index < -0.39 is 5.97 Å². The second-order valence-corrected chi connectivity index (χ2v) is 4.67. The first-order valence-electron chi connectivity index (χ1n) is 6.24. The van der Waals surface area contributed by atoms with E-state index in [0.29, 0.717) is 5.92 Å². The monoisotopic (exact) mass is 246 g/mol. The number of carbonyl (C=O) groups is 1. The van der Waals surface area contributed by atoms with Crippen LogP contribution in [0, 0.1) is 0 Å². The molecule has 0 fully saturated rings. The van der Waals surface area contributed by atoms with Gasteiger partial charge >= 0.3 is 5.97 Å². The molecule has 1 aromatic carbocycles. The fourth-order valence-electron chi connectivity index (χ4n) is 2.46. The van der Waals surface area contributed by atoms with Gasteiger partial charge in [0.1, 0.15) is 5.75 Å². The fraction of sp³-hybridized carbons (Fsp3) is 0.400. The molecule has 0 saturated carbocycles. The lowest BCUT2D eigenvalue weighted by Crippen LogP contribution is -2.06. The van der Waals surface area contributed by atoms with Crippen molar-refractivity contribution in [2.24, 2.45) is 0 Å². The van der Waals surface area contributed by atoms with Crippen LogP contribution in [-0.4, -0.2) is 18.2 Å². The van der Waals surface area contributed by atoms with Gasteiger partial charge < -0.3 is 9.84 Å². The third-order valence-corrected chi connectivity index (χ3v) is 3.37. The van der Waals surface area contributed by atoms with Gasteiger partial charge in [-0.3, -0.25) is 4.79 Å².